The van der Waals surface area contributed by atoms with Crippen LogP contribution in [0.1, 0.15) is 33.6 Å². The van der Waals surface area contributed by atoms with Crippen LogP contribution in [-0.4, -0.2) is 29.4 Å². The molecule has 1 N–H and O–H groups in total. The maximum absolute atomic E-state index is 12.5. The van der Waals surface area contributed by atoms with Crippen LogP contribution >= 0.6 is 0 Å². The van der Waals surface area contributed by atoms with Gasteiger partial charge in [-0.15, -0.1) is 0 Å². The highest BCUT2D eigenvalue weighted by molar-refractivity contribution is 5.96. The third kappa shape index (κ3) is 2.77. The zero-order chi connectivity index (χ0) is 15.8. The van der Waals surface area contributed by atoms with Gasteiger partial charge in [-0.1, -0.05) is 19.1 Å². The van der Waals surface area contributed by atoms with Crippen LogP contribution in [0, 0.1) is 17.3 Å². The second-order valence-corrected chi connectivity index (χ2v) is 6.05. The number of esters is 1. The van der Waals surface area contributed by atoms with Crippen molar-refractivity contribution >= 4 is 17.7 Å². The van der Waals surface area contributed by atoms with Crippen molar-refractivity contribution in [2.24, 2.45) is 17.3 Å². The van der Waals surface area contributed by atoms with E-state index in [0.717, 1.165) is 5.57 Å². The van der Waals surface area contributed by atoms with Crippen molar-refractivity contribution in [3.63, 3.8) is 0 Å². The van der Waals surface area contributed by atoms with Gasteiger partial charge in [0.25, 0.3) is 0 Å². The Balaban J connectivity index is 2.35. The van der Waals surface area contributed by atoms with Gasteiger partial charge in [0, 0.05) is 12.8 Å². The second-order valence-electron chi connectivity index (χ2n) is 6.05. The van der Waals surface area contributed by atoms with Crippen molar-refractivity contribution in [1.82, 2.24) is 0 Å². The Labute approximate surface area is 123 Å². The molecule has 0 saturated carbocycles. The lowest BCUT2D eigenvalue weighted by Gasteiger charge is -2.28. The molecule has 0 amide bonds. The average molecular weight is 292 g/mol. The highest BCUT2D eigenvalue weighted by Crippen LogP contribution is 2.49. The number of hydrogen-bond donors (Lipinski definition) is 1. The third-order valence-corrected chi connectivity index (χ3v) is 4.38. The van der Waals surface area contributed by atoms with E-state index in [0.29, 0.717) is 18.4 Å². The number of fused-ring (bicyclic) bond motifs is 1. The number of allylic oxidation sites excluding steroid dienone is 2. The van der Waals surface area contributed by atoms with E-state index in [1.165, 1.54) is 6.92 Å². The van der Waals surface area contributed by atoms with Crippen molar-refractivity contribution in [3.05, 3.63) is 23.3 Å². The number of carbonyl (C=O) groups is 3. The molecule has 5 heteroatoms. The minimum absolute atomic E-state index is 0.0411. The fraction of sp³-hybridized carbons (Fsp3) is 0.562. The maximum Gasteiger partial charge on any atom is 0.310 e. The number of carboxylic acid groups (broad SMARTS) is 1. The predicted octanol–water partition coefficient (Wildman–Crippen LogP) is 2.12. The summed E-state index contributed by atoms with van der Waals surface area (Å²) in [4.78, 5) is 34.9. The molecule has 0 spiro atoms. The van der Waals surface area contributed by atoms with Gasteiger partial charge in [0.15, 0.2) is 0 Å². The molecule has 0 aromatic rings. The van der Waals surface area contributed by atoms with Gasteiger partial charge >= 0.3 is 11.9 Å². The molecule has 0 saturated heterocycles. The number of hydrogen-bond acceptors (Lipinski definition) is 4. The van der Waals surface area contributed by atoms with Gasteiger partial charge < -0.3 is 9.84 Å². The Morgan fingerprint density at radius 2 is 2.14 bits per heavy atom. The van der Waals surface area contributed by atoms with Gasteiger partial charge in [0.05, 0.1) is 11.3 Å². The van der Waals surface area contributed by atoms with E-state index >= 15 is 0 Å². The minimum Gasteiger partial charge on any atom is -0.481 e. The smallest absolute Gasteiger partial charge is 0.310 e. The molecule has 21 heavy (non-hydrogen) atoms. The molecule has 0 aromatic carbocycles. The normalized spacial score (nSPS) is 31.9. The first kappa shape index (κ1) is 15.5. The summed E-state index contributed by atoms with van der Waals surface area (Å²) in [5.74, 6) is -2.21. The Hall–Kier alpha value is -1.91. The first-order chi connectivity index (χ1) is 9.75. The van der Waals surface area contributed by atoms with E-state index in [9.17, 15) is 19.5 Å². The van der Waals surface area contributed by atoms with Crippen LogP contribution in [0.2, 0.25) is 0 Å². The molecule has 0 aliphatic heterocycles. The van der Waals surface area contributed by atoms with E-state index in [1.54, 1.807) is 26.0 Å². The van der Waals surface area contributed by atoms with Gasteiger partial charge in [-0.25, -0.2) is 0 Å². The van der Waals surface area contributed by atoms with E-state index in [4.69, 9.17) is 4.74 Å². The number of aliphatic carboxylic acids is 1. The Morgan fingerprint density at radius 3 is 2.71 bits per heavy atom. The summed E-state index contributed by atoms with van der Waals surface area (Å²) >= 11 is 0. The molecule has 2 aliphatic carbocycles. The molecule has 0 bridgehead atoms. The van der Waals surface area contributed by atoms with Gasteiger partial charge in [0.2, 0.25) is 0 Å². The Bertz CT molecular complexity index is 557. The van der Waals surface area contributed by atoms with Gasteiger partial charge in [-0.05, 0) is 30.9 Å². The molecular formula is C16H20O5. The summed E-state index contributed by atoms with van der Waals surface area (Å²) in [6.45, 7) is 5.04. The van der Waals surface area contributed by atoms with Crippen molar-refractivity contribution in [2.75, 3.05) is 6.61 Å². The Kier molecular flexibility index (Phi) is 4.03. The van der Waals surface area contributed by atoms with Crippen LogP contribution in [-0.2, 0) is 19.1 Å². The summed E-state index contributed by atoms with van der Waals surface area (Å²) < 4.78 is 5.00. The number of Topliss-reactive ketones (excluding diaryl/α,β-unsaturated/α-hetero) is 1. The molecule has 0 aromatic heterocycles. The molecule has 0 fully saturated rings. The lowest BCUT2D eigenvalue weighted by molar-refractivity contribution is -0.141. The number of carboxylic acids is 1. The molecule has 5 nitrogen and oxygen atoms in total. The SMILES string of the molecule is CC(=O)OCC1=CC[C@H](C(=O)O)C2=CC(C)C(=O)[C@@]2(C)C1. The standard InChI is InChI=1S/C16H20O5/c1-9-6-13-12(15(19)20)5-4-11(8-21-10(2)17)7-16(13,3)14(9)18/h4,6,9,12H,5,7-8H2,1-3H3,(H,19,20)/t9?,12-,16-/m0/s1. The zero-order valence-corrected chi connectivity index (χ0v) is 12.5. The summed E-state index contributed by atoms with van der Waals surface area (Å²) in [7, 11) is 0. The van der Waals surface area contributed by atoms with Gasteiger partial charge in [-0.2, -0.15) is 0 Å². The topological polar surface area (TPSA) is 80.7 Å². The summed E-state index contributed by atoms with van der Waals surface area (Å²) in [6, 6.07) is 0. The lowest BCUT2D eigenvalue weighted by Crippen LogP contribution is -2.32. The molecule has 3 atom stereocenters. The Morgan fingerprint density at radius 1 is 1.48 bits per heavy atom. The first-order valence-electron chi connectivity index (χ1n) is 7.06. The number of ether oxygens (including phenoxy) is 1. The molecule has 0 radical (unpaired) electrons. The molecule has 114 valence electrons. The van der Waals surface area contributed by atoms with Crippen LogP contribution < -0.4 is 0 Å². The van der Waals surface area contributed by atoms with Crippen LogP contribution in [0.3, 0.4) is 0 Å². The summed E-state index contributed by atoms with van der Waals surface area (Å²) in [5.41, 5.74) is 0.705. The highest BCUT2D eigenvalue weighted by Gasteiger charge is 2.49. The van der Waals surface area contributed by atoms with Crippen LogP contribution in [0.4, 0.5) is 0 Å². The lowest BCUT2D eigenvalue weighted by atomic mass is 9.73. The molecule has 0 heterocycles. The van der Waals surface area contributed by atoms with Crippen molar-refractivity contribution in [1.29, 1.82) is 0 Å². The van der Waals surface area contributed by atoms with Gasteiger partial charge in [-0.3, -0.25) is 14.4 Å². The van der Waals surface area contributed by atoms with Crippen molar-refractivity contribution in [3.8, 4) is 0 Å². The fourth-order valence-corrected chi connectivity index (χ4v) is 3.34. The van der Waals surface area contributed by atoms with Crippen LogP contribution in [0.15, 0.2) is 23.3 Å². The second kappa shape index (κ2) is 5.47. The first-order valence-corrected chi connectivity index (χ1v) is 7.06. The molecular weight excluding hydrogens is 272 g/mol. The third-order valence-electron chi connectivity index (χ3n) is 4.38. The van der Waals surface area contributed by atoms with Crippen LogP contribution in [0.25, 0.3) is 0 Å². The minimum atomic E-state index is -0.917. The number of ketones is 1. The largest absolute Gasteiger partial charge is 0.481 e. The van der Waals surface area contributed by atoms with E-state index in [-0.39, 0.29) is 24.3 Å². The molecule has 2 aliphatic rings. The van der Waals surface area contributed by atoms with E-state index in [1.807, 2.05) is 0 Å². The predicted molar refractivity (Wildman–Crippen MR) is 75.4 cm³/mol. The molecule has 1 unspecified atom stereocenters. The average Bonchev–Trinajstić information content (AvgIpc) is 2.55. The number of carbonyl (C=O) groups excluding carboxylic acids is 2. The monoisotopic (exact) mass is 292 g/mol. The van der Waals surface area contributed by atoms with Crippen molar-refractivity contribution < 1.29 is 24.2 Å². The quantitative estimate of drug-likeness (QED) is 0.636. The fourth-order valence-electron chi connectivity index (χ4n) is 3.34. The van der Waals surface area contributed by atoms with E-state index < -0.39 is 17.3 Å². The number of rotatable bonds is 3. The highest BCUT2D eigenvalue weighted by atomic mass is 16.5. The summed E-state index contributed by atoms with van der Waals surface area (Å²) in [6.07, 6.45) is 4.33. The van der Waals surface area contributed by atoms with Crippen LogP contribution in [0.5, 0.6) is 0 Å². The van der Waals surface area contributed by atoms with Crippen molar-refractivity contribution in [2.45, 2.75) is 33.6 Å². The molecule has 2 rings (SSSR count). The maximum atomic E-state index is 12.5. The zero-order valence-electron chi connectivity index (χ0n) is 12.5. The summed E-state index contributed by atoms with van der Waals surface area (Å²) in [5, 5.41) is 9.43. The van der Waals surface area contributed by atoms with E-state index in [2.05, 4.69) is 0 Å². The van der Waals surface area contributed by atoms with Gasteiger partial charge in [0.1, 0.15) is 12.4 Å².